The molecule has 0 saturated carbocycles. The van der Waals surface area contributed by atoms with Crippen LogP contribution in [-0.4, -0.2) is 0 Å². The quantitative estimate of drug-likeness (QED) is 0.173. The first kappa shape index (κ1) is 34.0. The van der Waals surface area contributed by atoms with Crippen LogP contribution in [0, 0.1) is 0 Å². The molecule has 13 rings (SSSR count). The molecule has 1 atom stereocenters. The number of anilines is 3. The lowest BCUT2D eigenvalue weighted by Gasteiger charge is -2.41. The summed E-state index contributed by atoms with van der Waals surface area (Å²) in [5.41, 5.74) is 19.6. The SMILES string of the molecule is c1ccc(-c2ccc(N(c3ccc4c(c3)C3(c5ccccc5-4)c4ccccc4-c4cccc5ccc(-c6ccccc6)c3c45)c3ccc4oc5ccccc5c4c3)cc2)cc1. The monoisotopic (exact) mass is 775 g/mol. The van der Waals surface area contributed by atoms with Gasteiger partial charge in [-0.15, -0.1) is 0 Å². The molecule has 2 heteroatoms. The van der Waals surface area contributed by atoms with Crippen molar-refractivity contribution in [3.8, 4) is 44.5 Å². The summed E-state index contributed by atoms with van der Waals surface area (Å²) in [5, 5.41) is 4.78. The predicted octanol–water partition coefficient (Wildman–Crippen LogP) is 15.9. The molecule has 10 aromatic carbocycles. The Morgan fingerprint density at radius 2 is 0.885 bits per heavy atom. The Balaban J connectivity index is 1.12. The normalized spacial score (nSPS) is 14.6. The van der Waals surface area contributed by atoms with Crippen molar-refractivity contribution in [3.63, 3.8) is 0 Å². The molecule has 2 aliphatic rings. The van der Waals surface area contributed by atoms with Gasteiger partial charge in [-0.2, -0.15) is 0 Å². The van der Waals surface area contributed by atoms with Crippen molar-refractivity contribution in [2.45, 2.75) is 5.41 Å². The van der Waals surface area contributed by atoms with E-state index >= 15 is 0 Å². The van der Waals surface area contributed by atoms with Gasteiger partial charge in [-0.25, -0.2) is 0 Å². The third-order valence-electron chi connectivity index (χ3n) is 13.3. The number of hydrogen-bond donors (Lipinski definition) is 0. The molecule has 1 heterocycles. The Hall–Kier alpha value is -7.94. The third kappa shape index (κ3) is 4.85. The van der Waals surface area contributed by atoms with Crippen LogP contribution in [-0.2, 0) is 5.41 Å². The number of hydrogen-bond acceptors (Lipinski definition) is 2. The molecule has 0 radical (unpaired) electrons. The molecule has 1 spiro atoms. The number of benzene rings is 10. The number of rotatable bonds is 5. The minimum atomic E-state index is -0.606. The van der Waals surface area contributed by atoms with Crippen LogP contribution in [0.1, 0.15) is 22.3 Å². The summed E-state index contributed by atoms with van der Waals surface area (Å²) in [6, 6.07) is 82.5. The highest BCUT2D eigenvalue weighted by Crippen LogP contribution is 2.64. The van der Waals surface area contributed by atoms with Gasteiger partial charge in [0, 0.05) is 27.8 Å². The van der Waals surface area contributed by atoms with Crippen molar-refractivity contribution in [2.24, 2.45) is 0 Å². The fourth-order valence-corrected chi connectivity index (χ4v) is 10.7. The summed E-state index contributed by atoms with van der Waals surface area (Å²) in [7, 11) is 0. The third-order valence-corrected chi connectivity index (χ3v) is 13.3. The molecule has 0 fully saturated rings. The Morgan fingerprint density at radius 3 is 1.67 bits per heavy atom. The van der Waals surface area contributed by atoms with Gasteiger partial charge in [0.25, 0.3) is 0 Å². The highest BCUT2D eigenvalue weighted by molar-refractivity contribution is 6.10. The van der Waals surface area contributed by atoms with Gasteiger partial charge in [-0.1, -0.05) is 176 Å². The Bertz CT molecular complexity index is 3530. The summed E-state index contributed by atoms with van der Waals surface area (Å²) < 4.78 is 6.35. The number of fused-ring (bicyclic) bond motifs is 12. The molecule has 11 aromatic rings. The fraction of sp³-hybridized carbons (Fsp3) is 0.0169. The molecular weight excluding hydrogens is 739 g/mol. The van der Waals surface area contributed by atoms with Crippen LogP contribution in [0.2, 0.25) is 0 Å². The van der Waals surface area contributed by atoms with Gasteiger partial charge < -0.3 is 9.32 Å². The minimum absolute atomic E-state index is 0.606. The molecule has 61 heavy (non-hydrogen) atoms. The van der Waals surface area contributed by atoms with E-state index in [0.29, 0.717) is 0 Å². The van der Waals surface area contributed by atoms with Gasteiger partial charge in [-0.05, 0) is 126 Å². The molecular formula is C59H37NO. The first-order valence-corrected chi connectivity index (χ1v) is 21.1. The van der Waals surface area contributed by atoms with Crippen molar-refractivity contribution >= 4 is 49.8 Å². The molecule has 0 aliphatic heterocycles. The average Bonchev–Trinajstić information content (AvgIpc) is 3.84. The van der Waals surface area contributed by atoms with Crippen molar-refractivity contribution < 1.29 is 4.42 Å². The molecule has 2 nitrogen and oxygen atoms in total. The highest BCUT2D eigenvalue weighted by Gasteiger charge is 2.51. The first-order chi connectivity index (χ1) is 30.3. The summed E-state index contributed by atoms with van der Waals surface area (Å²) in [4.78, 5) is 2.42. The zero-order valence-electron chi connectivity index (χ0n) is 33.2. The largest absolute Gasteiger partial charge is 0.456 e. The smallest absolute Gasteiger partial charge is 0.135 e. The second-order valence-electron chi connectivity index (χ2n) is 16.4. The van der Waals surface area contributed by atoms with E-state index in [9.17, 15) is 0 Å². The first-order valence-electron chi connectivity index (χ1n) is 21.1. The summed E-state index contributed by atoms with van der Waals surface area (Å²) in [6.07, 6.45) is 0. The van der Waals surface area contributed by atoms with Gasteiger partial charge in [-0.3, -0.25) is 0 Å². The molecule has 0 bridgehead atoms. The lowest BCUT2D eigenvalue weighted by molar-refractivity contribution is 0.669. The summed E-state index contributed by atoms with van der Waals surface area (Å²) >= 11 is 0. The molecule has 0 saturated heterocycles. The highest BCUT2D eigenvalue weighted by atomic mass is 16.3. The van der Waals surface area contributed by atoms with E-state index in [-0.39, 0.29) is 0 Å². The van der Waals surface area contributed by atoms with Crippen LogP contribution >= 0.6 is 0 Å². The van der Waals surface area contributed by atoms with Crippen molar-refractivity contribution in [1.82, 2.24) is 0 Å². The van der Waals surface area contributed by atoms with E-state index in [4.69, 9.17) is 4.42 Å². The Labute approximate surface area is 354 Å². The maximum atomic E-state index is 6.35. The van der Waals surface area contributed by atoms with Crippen LogP contribution < -0.4 is 4.90 Å². The zero-order valence-corrected chi connectivity index (χ0v) is 33.2. The molecule has 0 amide bonds. The van der Waals surface area contributed by atoms with Crippen LogP contribution in [0.25, 0.3) is 77.2 Å². The predicted molar refractivity (Wildman–Crippen MR) is 253 cm³/mol. The van der Waals surface area contributed by atoms with E-state index in [0.717, 1.165) is 39.0 Å². The number of para-hydroxylation sites is 1. The standard InChI is InChI=1S/C59H37NO/c1-3-14-38(15-4-1)39-26-29-42(30-27-39)60(43-32-35-56-51(36-43)49-21-9-12-25-55(49)61-56)44-31-34-48-46-19-7-10-23-52(46)59(54(48)37-44)53-24-11-8-20-47(53)50-22-13-18-41-28-33-45(58(59)57(41)50)40-16-5-2-6-17-40/h1-37H. The van der Waals surface area contributed by atoms with E-state index < -0.39 is 5.41 Å². The van der Waals surface area contributed by atoms with E-state index in [1.807, 2.05) is 6.07 Å². The van der Waals surface area contributed by atoms with Crippen LogP contribution in [0.3, 0.4) is 0 Å². The molecule has 2 aliphatic carbocycles. The van der Waals surface area contributed by atoms with Crippen molar-refractivity contribution in [3.05, 3.63) is 247 Å². The Morgan fingerprint density at radius 1 is 0.328 bits per heavy atom. The van der Waals surface area contributed by atoms with Gasteiger partial charge in [0.1, 0.15) is 11.2 Å². The van der Waals surface area contributed by atoms with Crippen LogP contribution in [0.15, 0.2) is 229 Å². The Kier molecular flexibility index (Phi) is 7.26. The zero-order chi connectivity index (χ0) is 40.1. The molecule has 1 unspecified atom stereocenters. The van der Waals surface area contributed by atoms with Gasteiger partial charge >= 0.3 is 0 Å². The fourth-order valence-electron chi connectivity index (χ4n) is 10.7. The second kappa shape index (κ2) is 13.0. The van der Waals surface area contributed by atoms with Crippen molar-refractivity contribution in [1.29, 1.82) is 0 Å². The van der Waals surface area contributed by atoms with E-state index in [1.165, 1.54) is 77.5 Å². The molecule has 1 aromatic heterocycles. The number of nitrogens with zero attached hydrogens (tertiary/aromatic N) is 1. The molecule has 0 N–H and O–H groups in total. The summed E-state index contributed by atoms with van der Waals surface area (Å²) in [5.74, 6) is 0. The lowest BCUT2D eigenvalue weighted by Crippen LogP contribution is -2.32. The second-order valence-corrected chi connectivity index (χ2v) is 16.4. The topological polar surface area (TPSA) is 16.4 Å². The van der Waals surface area contributed by atoms with Crippen molar-refractivity contribution in [2.75, 3.05) is 4.90 Å². The minimum Gasteiger partial charge on any atom is -0.456 e. The molecule has 284 valence electrons. The van der Waals surface area contributed by atoms with Gasteiger partial charge in [0.2, 0.25) is 0 Å². The van der Waals surface area contributed by atoms with Crippen LogP contribution in [0.5, 0.6) is 0 Å². The van der Waals surface area contributed by atoms with E-state index in [1.54, 1.807) is 0 Å². The number of furan rings is 1. The van der Waals surface area contributed by atoms with Gasteiger partial charge in [0.15, 0.2) is 0 Å². The average molecular weight is 776 g/mol. The van der Waals surface area contributed by atoms with Gasteiger partial charge in [0.05, 0.1) is 5.41 Å². The van der Waals surface area contributed by atoms with Crippen LogP contribution in [0.4, 0.5) is 17.1 Å². The summed E-state index contributed by atoms with van der Waals surface area (Å²) in [6.45, 7) is 0. The lowest BCUT2D eigenvalue weighted by atomic mass is 9.60. The van der Waals surface area contributed by atoms with E-state index in [2.05, 4.69) is 223 Å². The maximum absolute atomic E-state index is 6.35. The maximum Gasteiger partial charge on any atom is 0.135 e.